The lowest BCUT2D eigenvalue weighted by molar-refractivity contribution is -0.116. The van der Waals surface area contributed by atoms with Crippen LogP contribution in [0.5, 0.6) is 0 Å². The molecule has 0 bridgehead atoms. The van der Waals surface area contributed by atoms with Crippen LogP contribution in [-0.4, -0.2) is 23.5 Å². The van der Waals surface area contributed by atoms with Crippen molar-refractivity contribution in [3.63, 3.8) is 0 Å². The molecule has 0 unspecified atom stereocenters. The predicted molar refractivity (Wildman–Crippen MR) is 129 cm³/mol. The second kappa shape index (κ2) is 9.13. The summed E-state index contributed by atoms with van der Waals surface area (Å²) in [4.78, 5) is 25.4. The maximum absolute atomic E-state index is 12.7. The van der Waals surface area contributed by atoms with Gasteiger partial charge in [-0.3, -0.25) is 18.7 Å². The second-order valence-electron chi connectivity index (χ2n) is 7.29. The smallest absolute Gasteiger partial charge is 0.324 e. The van der Waals surface area contributed by atoms with Crippen molar-refractivity contribution in [1.29, 1.82) is 0 Å². The topological polar surface area (TPSA) is 102 Å². The Balaban J connectivity index is 1.54. The Hall–Kier alpha value is -3.56. The number of imidazole rings is 1. The normalized spacial score (nSPS) is 11.5. The summed E-state index contributed by atoms with van der Waals surface area (Å²) < 4.78 is 30.9. The van der Waals surface area contributed by atoms with Gasteiger partial charge < -0.3 is 5.32 Å². The van der Waals surface area contributed by atoms with Crippen molar-refractivity contribution in [1.82, 2.24) is 9.13 Å². The first kappa shape index (κ1) is 22.6. The van der Waals surface area contributed by atoms with Gasteiger partial charge in [-0.2, -0.15) is 0 Å². The molecule has 0 aliphatic carbocycles. The van der Waals surface area contributed by atoms with Gasteiger partial charge in [0.1, 0.15) is 6.54 Å². The van der Waals surface area contributed by atoms with Crippen molar-refractivity contribution in [2.75, 3.05) is 10.0 Å². The third-order valence-electron chi connectivity index (χ3n) is 5.07. The molecule has 33 heavy (non-hydrogen) atoms. The Morgan fingerprint density at radius 3 is 2.24 bits per heavy atom. The third-order valence-corrected chi connectivity index (χ3v) is 6.70. The molecule has 0 aliphatic rings. The van der Waals surface area contributed by atoms with E-state index in [-0.39, 0.29) is 17.1 Å². The minimum atomic E-state index is -3.88. The Morgan fingerprint density at radius 1 is 0.909 bits per heavy atom. The molecule has 3 aromatic carbocycles. The molecule has 0 radical (unpaired) electrons. The number of sulfonamides is 1. The molecule has 1 heterocycles. The minimum absolute atomic E-state index is 0.0185. The van der Waals surface area contributed by atoms with E-state index in [9.17, 15) is 18.0 Å². The number of nitrogens with one attached hydrogen (secondary N) is 2. The van der Waals surface area contributed by atoms with Crippen LogP contribution in [-0.2, 0) is 27.9 Å². The molecule has 0 saturated heterocycles. The molecule has 0 spiro atoms. The summed E-state index contributed by atoms with van der Waals surface area (Å²) >= 11 is 5.84. The lowest BCUT2D eigenvalue weighted by Gasteiger charge is -2.11. The zero-order valence-electron chi connectivity index (χ0n) is 17.7. The van der Waals surface area contributed by atoms with Gasteiger partial charge in [-0.25, -0.2) is 13.2 Å². The van der Waals surface area contributed by atoms with E-state index in [0.29, 0.717) is 28.5 Å². The number of anilines is 2. The lowest BCUT2D eigenvalue weighted by Crippen LogP contribution is -2.29. The van der Waals surface area contributed by atoms with Gasteiger partial charge in [0, 0.05) is 22.9 Å². The maximum atomic E-state index is 12.7. The van der Waals surface area contributed by atoms with Crippen LogP contribution in [0.15, 0.2) is 82.5 Å². The summed E-state index contributed by atoms with van der Waals surface area (Å²) in [5.41, 5.74) is 1.78. The van der Waals surface area contributed by atoms with E-state index in [1.54, 1.807) is 47.0 Å². The summed E-state index contributed by atoms with van der Waals surface area (Å²) in [5, 5.41) is 3.17. The maximum Gasteiger partial charge on any atom is 0.329 e. The number of amides is 1. The van der Waals surface area contributed by atoms with Crippen LogP contribution in [0.2, 0.25) is 5.02 Å². The molecule has 10 heteroatoms. The summed E-state index contributed by atoms with van der Waals surface area (Å²) in [7, 11) is -3.88. The van der Waals surface area contributed by atoms with Crippen molar-refractivity contribution in [3.8, 4) is 0 Å². The number of hydrogen-bond acceptors (Lipinski definition) is 4. The molecule has 0 saturated carbocycles. The average Bonchev–Trinajstić information content (AvgIpc) is 3.06. The number of rotatable bonds is 7. The van der Waals surface area contributed by atoms with E-state index < -0.39 is 15.9 Å². The fourth-order valence-corrected chi connectivity index (χ4v) is 4.78. The Kier molecular flexibility index (Phi) is 6.26. The lowest BCUT2D eigenvalue weighted by atomic mass is 10.3. The van der Waals surface area contributed by atoms with Crippen molar-refractivity contribution in [2.24, 2.45) is 0 Å². The number of fused-ring (bicyclic) bond motifs is 1. The predicted octanol–water partition coefficient (Wildman–Crippen LogP) is 3.92. The van der Waals surface area contributed by atoms with Crippen molar-refractivity contribution < 1.29 is 13.2 Å². The van der Waals surface area contributed by atoms with Gasteiger partial charge in [-0.05, 0) is 61.5 Å². The number of aryl methyl sites for hydroxylation is 1. The average molecular weight is 485 g/mol. The van der Waals surface area contributed by atoms with E-state index in [1.165, 1.54) is 22.8 Å². The van der Waals surface area contributed by atoms with Gasteiger partial charge in [0.25, 0.3) is 10.0 Å². The zero-order valence-corrected chi connectivity index (χ0v) is 19.2. The molecule has 1 amide bonds. The van der Waals surface area contributed by atoms with Crippen molar-refractivity contribution in [2.45, 2.75) is 24.9 Å². The van der Waals surface area contributed by atoms with Gasteiger partial charge in [0.15, 0.2) is 0 Å². The molecule has 4 rings (SSSR count). The van der Waals surface area contributed by atoms with E-state index in [0.717, 1.165) is 5.52 Å². The van der Waals surface area contributed by atoms with E-state index in [1.807, 2.05) is 19.1 Å². The highest BCUT2D eigenvalue weighted by Gasteiger charge is 2.17. The van der Waals surface area contributed by atoms with Crippen LogP contribution in [0, 0.1) is 0 Å². The monoisotopic (exact) mass is 484 g/mol. The van der Waals surface area contributed by atoms with Gasteiger partial charge in [-0.15, -0.1) is 0 Å². The number of carbonyl (C=O) groups is 1. The van der Waals surface area contributed by atoms with Crippen molar-refractivity contribution in [3.05, 3.63) is 88.3 Å². The van der Waals surface area contributed by atoms with Crippen LogP contribution in [0.4, 0.5) is 11.4 Å². The van der Waals surface area contributed by atoms with E-state index in [4.69, 9.17) is 11.6 Å². The molecular formula is C23H21ClN4O4S. The Labute approximate surface area is 195 Å². The molecule has 0 aliphatic heterocycles. The highest BCUT2D eigenvalue weighted by atomic mass is 35.5. The standard InChI is InChI=1S/C23H21ClN4O4S/c1-2-27-20-8-3-4-9-21(20)28(23(27)30)15-22(29)25-18-6-5-7-19(14-18)33(31,32)26-17-12-10-16(24)11-13-17/h3-14,26H,2,15H2,1H3,(H,25,29). The van der Waals surface area contributed by atoms with Crippen molar-refractivity contribution >= 4 is 49.9 Å². The van der Waals surface area contributed by atoms with Crippen LogP contribution < -0.4 is 15.7 Å². The number of halogens is 1. The van der Waals surface area contributed by atoms with Crippen LogP contribution in [0.3, 0.4) is 0 Å². The minimum Gasteiger partial charge on any atom is -0.324 e. The van der Waals surface area contributed by atoms with Crippen LogP contribution in [0.1, 0.15) is 6.92 Å². The number of aromatic nitrogens is 2. The van der Waals surface area contributed by atoms with Crippen LogP contribution in [0.25, 0.3) is 11.0 Å². The highest BCUT2D eigenvalue weighted by molar-refractivity contribution is 7.92. The van der Waals surface area contributed by atoms with Gasteiger partial charge in [-0.1, -0.05) is 29.8 Å². The summed E-state index contributed by atoms with van der Waals surface area (Å²) in [5.74, 6) is -0.448. The second-order valence-corrected chi connectivity index (χ2v) is 9.41. The number of carbonyl (C=O) groups excluding carboxylic acids is 1. The van der Waals surface area contributed by atoms with Gasteiger partial charge in [0.05, 0.1) is 15.9 Å². The Morgan fingerprint density at radius 2 is 1.58 bits per heavy atom. The first-order chi connectivity index (χ1) is 15.8. The summed E-state index contributed by atoms with van der Waals surface area (Å²) in [6.07, 6.45) is 0. The van der Waals surface area contributed by atoms with Gasteiger partial charge in [0.2, 0.25) is 5.91 Å². The zero-order chi connectivity index (χ0) is 23.6. The van der Waals surface area contributed by atoms with E-state index in [2.05, 4.69) is 10.0 Å². The summed E-state index contributed by atoms with van der Waals surface area (Å²) in [6, 6.07) is 19.4. The highest BCUT2D eigenvalue weighted by Crippen LogP contribution is 2.21. The van der Waals surface area contributed by atoms with Gasteiger partial charge >= 0.3 is 5.69 Å². The number of para-hydroxylation sites is 2. The number of benzene rings is 3. The molecular weight excluding hydrogens is 464 g/mol. The summed E-state index contributed by atoms with van der Waals surface area (Å²) in [6.45, 7) is 2.14. The first-order valence-corrected chi connectivity index (χ1v) is 12.0. The Bertz CT molecular complexity index is 1490. The molecule has 2 N–H and O–H groups in total. The first-order valence-electron chi connectivity index (χ1n) is 10.1. The largest absolute Gasteiger partial charge is 0.329 e. The molecule has 8 nitrogen and oxygen atoms in total. The molecule has 170 valence electrons. The third kappa shape index (κ3) is 4.79. The quantitative estimate of drug-likeness (QED) is 0.415. The number of hydrogen-bond donors (Lipinski definition) is 2. The molecule has 0 atom stereocenters. The molecule has 0 fully saturated rings. The molecule has 4 aromatic rings. The van der Waals surface area contributed by atoms with E-state index >= 15 is 0 Å². The fraction of sp³-hybridized carbons (Fsp3) is 0.130. The number of nitrogens with zero attached hydrogens (tertiary/aromatic N) is 2. The fourth-order valence-electron chi connectivity index (χ4n) is 3.55. The SMILES string of the molecule is CCn1c(=O)n(CC(=O)Nc2cccc(S(=O)(=O)Nc3ccc(Cl)cc3)c2)c2ccccc21. The molecule has 1 aromatic heterocycles. The van der Waals surface area contributed by atoms with Crippen LogP contribution >= 0.6 is 11.6 Å².